The summed E-state index contributed by atoms with van der Waals surface area (Å²) in [6, 6.07) is 0. The molecule has 0 rings (SSSR count). The van der Waals surface area contributed by atoms with Gasteiger partial charge in [-0.05, 0) is 26.1 Å². The van der Waals surface area contributed by atoms with E-state index in [0.29, 0.717) is 26.1 Å². The normalized spacial score (nSPS) is 8.09. The Labute approximate surface area is 146 Å². The van der Waals surface area contributed by atoms with Gasteiger partial charge in [0, 0.05) is 11.9 Å². The van der Waals surface area contributed by atoms with E-state index in [2.05, 4.69) is 36.1 Å². The van der Waals surface area contributed by atoms with Gasteiger partial charge < -0.3 is 19.7 Å². The van der Waals surface area contributed by atoms with E-state index in [1.54, 1.807) is 13.8 Å². The van der Waals surface area contributed by atoms with Gasteiger partial charge in [0.15, 0.2) is 0 Å². The molecule has 0 saturated carbocycles. The van der Waals surface area contributed by atoms with Crippen LogP contribution in [0.15, 0.2) is 24.0 Å². The summed E-state index contributed by atoms with van der Waals surface area (Å²) in [4.78, 5) is 0. The zero-order chi connectivity index (χ0) is 18.8. The third-order valence-electron chi connectivity index (χ3n) is 1.36. The Morgan fingerprint density at radius 1 is 0.739 bits per heavy atom. The van der Waals surface area contributed by atoms with Gasteiger partial charge >= 0.3 is 62.3 Å². The van der Waals surface area contributed by atoms with Crippen molar-refractivity contribution in [2.75, 3.05) is 13.2 Å². The smallest absolute Gasteiger partial charge is 2.00 e. The number of ether oxygens (including phenoxy) is 2. The Morgan fingerprint density at radius 3 is 1.13 bits per heavy atom. The molecule has 128 valence electrons. The zero-order valence-electron chi connectivity index (χ0n) is 12.6. The average molecular weight is 368 g/mol. The molecule has 0 heterocycles. The van der Waals surface area contributed by atoms with Gasteiger partial charge in [-0.25, -0.2) is 0 Å². The Bertz CT molecular complexity index is 296. The second kappa shape index (κ2) is 50.1. The number of unbranched alkanes of at least 4 members (excludes halogenated alkanes) is 1. The number of hydrogen-bond donors (Lipinski definition) is 0. The van der Waals surface area contributed by atoms with Crippen LogP contribution in [-0.4, -0.2) is 13.2 Å². The molecule has 0 aliphatic carbocycles. The summed E-state index contributed by atoms with van der Waals surface area (Å²) in [6.07, 6.45) is 3.83. The number of hydrogen-bond acceptors (Lipinski definition) is 4. The van der Waals surface area contributed by atoms with E-state index in [-0.39, 0.29) is 29.0 Å². The van der Waals surface area contributed by atoms with Crippen LogP contribution in [0.5, 0.6) is 0 Å². The first-order chi connectivity index (χ1) is 10.7. The van der Waals surface area contributed by atoms with Crippen molar-refractivity contribution in [3.8, 4) is 0 Å². The van der Waals surface area contributed by atoms with Crippen molar-refractivity contribution in [2.24, 2.45) is 0 Å². The molecule has 0 N–H and O–H groups in total. The predicted molar refractivity (Wildman–Crippen MR) is 64.4 cm³/mol. The Hall–Kier alpha value is -1.84. The fourth-order valence-corrected chi connectivity index (χ4v) is 0.805. The molecule has 0 aliphatic rings. The maximum absolute atomic E-state index is 10.8. The van der Waals surface area contributed by atoms with Gasteiger partial charge in [-0.2, -0.15) is 0 Å². The summed E-state index contributed by atoms with van der Waals surface area (Å²) in [5.74, 6) is -0.686. The van der Waals surface area contributed by atoms with Crippen LogP contribution in [0.1, 0.15) is 26.7 Å². The summed E-state index contributed by atoms with van der Waals surface area (Å²) in [5.41, 5.74) is 0. The maximum atomic E-state index is 10.8. The van der Waals surface area contributed by atoms with Crippen LogP contribution < -0.4 is 10.2 Å². The van der Waals surface area contributed by atoms with Gasteiger partial charge in [0.05, 0.1) is 0 Å². The molecule has 0 amide bonds. The van der Waals surface area contributed by atoms with Crippen LogP contribution in [0.3, 0.4) is 0 Å². The third kappa shape index (κ3) is 53.4. The summed E-state index contributed by atoms with van der Waals surface area (Å²) < 4.78 is 39.3. The van der Waals surface area contributed by atoms with Crippen LogP contribution in [0.2, 0.25) is 0 Å². The molecule has 0 fully saturated rings. The summed E-state index contributed by atoms with van der Waals surface area (Å²) in [5, 5.41) is 21.6. The average Bonchev–Trinajstić information content (AvgIpc) is 2.59. The molecule has 8 nitrogen and oxygen atoms in total. The van der Waals surface area contributed by atoms with Crippen molar-refractivity contribution >= 4 is 0 Å². The van der Waals surface area contributed by atoms with E-state index in [9.17, 15) is 10.2 Å². The van der Waals surface area contributed by atoms with Gasteiger partial charge in [0.1, 0.15) is 0 Å². The minimum atomic E-state index is -0.343. The van der Waals surface area contributed by atoms with Crippen LogP contribution in [0, 0.1) is 26.6 Å². The quantitative estimate of drug-likeness (QED) is 0.206. The minimum absolute atomic E-state index is 0. The Morgan fingerprint density at radius 2 is 0.957 bits per heavy atom. The monoisotopic (exact) mass is 368 g/mol. The van der Waals surface area contributed by atoms with Gasteiger partial charge in [-0.3, -0.25) is 0 Å². The second-order valence-electron chi connectivity index (χ2n) is 2.49. The first kappa shape index (κ1) is 37.4. The van der Waals surface area contributed by atoms with E-state index in [0.717, 1.165) is 0 Å². The standard InChI is InChI=1S/C10H18O4.4CO.Fe/c1-3-13-9(11)7-5-6-8-10(12)14-4-2;4*1-2;/h7-8,11-12H,3-6H2,1-2H3;;;;;/q;;;;;+2/p-2. The SMILES string of the molecule is CCOC([O-])=CCCC=C([O-])OCC.[C-]#[O+].[C-]#[O+].[C-]#[O+].[C-]#[O+].[Fe+2]. The molecule has 0 unspecified atom stereocenters. The van der Waals surface area contributed by atoms with Crippen molar-refractivity contribution in [1.82, 2.24) is 0 Å². The zero-order valence-corrected chi connectivity index (χ0v) is 13.7. The van der Waals surface area contributed by atoms with Crippen molar-refractivity contribution in [3.05, 3.63) is 50.6 Å². The molecule has 0 aliphatic heterocycles. The van der Waals surface area contributed by atoms with Crippen LogP contribution in [-0.2, 0) is 45.2 Å². The summed E-state index contributed by atoms with van der Waals surface area (Å²) in [7, 11) is 0. The fraction of sp³-hybridized carbons (Fsp3) is 0.429. The van der Waals surface area contributed by atoms with Gasteiger partial charge in [-0.15, -0.1) is 0 Å². The molecule has 0 aromatic carbocycles. The summed E-state index contributed by atoms with van der Waals surface area (Å²) in [6.45, 7) is 22.2. The third-order valence-corrected chi connectivity index (χ3v) is 1.36. The molecule has 0 atom stereocenters. The van der Waals surface area contributed by atoms with Crippen LogP contribution in [0.25, 0.3) is 0 Å². The minimum Gasteiger partial charge on any atom is 2.00 e. The van der Waals surface area contributed by atoms with Crippen molar-refractivity contribution in [1.29, 1.82) is 0 Å². The number of allylic oxidation sites excluding steroid dienone is 2. The molecule has 0 aromatic heterocycles. The van der Waals surface area contributed by atoms with E-state index in [1.807, 2.05) is 0 Å². The van der Waals surface area contributed by atoms with Crippen LogP contribution >= 0.6 is 0 Å². The van der Waals surface area contributed by atoms with Crippen LogP contribution in [0.4, 0.5) is 0 Å². The molecular formula is C14H16FeO8. The molecule has 0 spiro atoms. The van der Waals surface area contributed by atoms with Crippen molar-refractivity contribution in [3.63, 3.8) is 0 Å². The van der Waals surface area contributed by atoms with E-state index in [1.165, 1.54) is 12.2 Å². The first-order valence-corrected chi connectivity index (χ1v) is 5.52. The van der Waals surface area contributed by atoms with Crippen molar-refractivity contribution < 1.29 is 55.4 Å². The topological polar surface area (TPSA) is 144 Å². The molecular weight excluding hydrogens is 352 g/mol. The second-order valence-corrected chi connectivity index (χ2v) is 2.49. The molecule has 0 saturated heterocycles. The van der Waals surface area contributed by atoms with Gasteiger partial charge in [0.2, 0.25) is 0 Å². The fourth-order valence-electron chi connectivity index (χ4n) is 0.805. The molecule has 9 heteroatoms. The van der Waals surface area contributed by atoms with Gasteiger partial charge in [0.25, 0.3) is 0 Å². The number of rotatable bonds is 7. The first-order valence-electron chi connectivity index (χ1n) is 5.52. The molecule has 0 radical (unpaired) electrons. The van der Waals surface area contributed by atoms with E-state index >= 15 is 0 Å². The Kier molecular flexibility index (Phi) is 81.4. The summed E-state index contributed by atoms with van der Waals surface area (Å²) >= 11 is 0. The maximum Gasteiger partial charge on any atom is 2.00 e. The Balaban J connectivity index is -0.0000000695. The van der Waals surface area contributed by atoms with Gasteiger partial charge in [-0.1, -0.05) is 26.0 Å². The van der Waals surface area contributed by atoms with Crippen molar-refractivity contribution in [2.45, 2.75) is 26.7 Å². The molecule has 23 heavy (non-hydrogen) atoms. The largest absolute Gasteiger partial charge is 2.00 e. The molecule has 0 aromatic rings. The van der Waals surface area contributed by atoms with E-state index in [4.69, 9.17) is 18.6 Å². The predicted octanol–water partition coefficient (Wildman–Crippen LogP) is 0.0905. The van der Waals surface area contributed by atoms with E-state index < -0.39 is 0 Å². The molecule has 0 bridgehead atoms.